The van der Waals surface area contributed by atoms with Crippen molar-refractivity contribution in [3.63, 3.8) is 0 Å². The molecule has 0 saturated heterocycles. The number of carbonyl (C=O) groups is 1. The average molecular weight is 232 g/mol. The fourth-order valence-electron chi connectivity index (χ4n) is 1.12. The lowest BCUT2D eigenvalue weighted by molar-refractivity contribution is -0.131. The van der Waals surface area contributed by atoms with Crippen LogP contribution in [-0.4, -0.2) is 21.0 Å². The van der Waals surface area contributed by atoms with Gasteiger partial charge in [0.05, 0.1) is 4.88 Å². The molecule has 4 nitrogen and oxygen atoms in total. The summed E-state index contributed by atoms with van der Waals surface area (Å²) in [6.45, 7) is 0. The van der Waals surface area contributed by atoms with Gasteiger partial charge >= 0.3 is 5.97 Å². The van der Waals surface area contributed by atoms with Gasteiger partial charge in [-0.2, -0.15) is 0 Å². The molecule has 0 aliphatic rings. The lowest BCUT2D eigenvalue weighted by Crippen LogP contribution is -1.89. The first-order valence-corrected chi connectivity index (χ1v) is 5.40. The number of aromatic nitrogens is 2. The third kappa shape index (κ3) is 2.52. The molecule has 2 heterocycles. The summed E-state index contributed by atoms with van der Waals surface area (Å²) in [5, 5.41) is 10.4. The highest BCUT2D eigenvalue weighted by Crippen LogP contribution is 2.20. The summed E-state index contributed by atoms with van der Waals surface area (Å²) in [5.74, 6) is -0.329. The van der Waals surface area contributed by atoms with Crippen molar-refractivity contribution >= 4 is 23.4 Å². The molecule has 0 bridgehead atoms. The number of hydrogen-bond donors (Lipinski definition) is 1. The highest BCUT2D eigenvalue weighted by Gasteiger charge is 2.00. The van der Waals surface area contributed by atoms with Crippen molar-refractivity contribution in [1.82, 2.24) is 9.97 Å². The Kier molecular flexibility index (Phi) is 3.07. The Labute approximate surface area is 95.9 Å². The van der Waals surface area contributed by atoms with Crippen LogP contribution >= 0.6 is 11.3 Å². The Morgan fingerprint density at radius 3 is 2.69 bits per heavy atom. The van der Waals surface area contributed by atoms with Crippen molar-refractivity contribution in [2.75, 3.05) is 0 Å². The van der Waals surface area contributed by atoms with E-state index in [1.54, 1.807) is 23.7 Å². The Balaban J connectivity index is 2.20. The zero-order valence-corrected chi connectivity index (χ0v) is 9.02. The first kappa shape index (κ1) is 10.5. The standard InChI is InChI=1S/C11H8N2O2S/c14-10(15)4-3-8-6-12-11(13-7-8)9-2-1-5-16-9/h1-7H,(H,14,15)/b4-3+. The molecule has 0 fully saturated rings. The number of carboxylic acids is 1. The highest BCUT2D eigenvalue weighted by atomic mass is 32.1. The normalized spacial score (nSPS) is 10.8. The van der Waals surface area contributed by atoms with Gasteiger partial charge in [-0.25, -0.2) is 14.8 Å². The minimum absolute atomic E-state index is 0.655. The minimum atomic E-state index is -0.984. The number of nitrogens with zero attached hydrogens (tertiary/aromatic N) is 2. The number of rotatable bonds is 3. The molecule has 2 aromatic heterocycles. The van der Waals surface area contributed by atoms with E-state index in [1.807, 2.05) is 17.5 Å². The van der Waals surface area contributed by atoms with Gasteiger partial charge in [0.2, 0.25) is 0 Å². The lowest BCUT2D eigenvalue weighted by Gasteiger charge is -1.95. The molecule has 0 atom stereocenters. The molecule has 0 aliphatic carbocycles. The van der Waals surface area contributed by atoms with Gasteiger partial charge in [0.25, 0.3) is 0 Å². The van der Waals surface area contributed by atoms with Gasteiger partial charge in [-0.1, -0.05) is 6.07 Å². The van der Waals surface area contributed by atoms with Gasteiger partial charge in [0, 0.05) is 24.0 Å². The molecule has 80 valence electrons. The van der Waals surface area contributed by atoms with E-state index in [0.29, 0.717) is 11.4 Å². The largest absolute Gasteiger partial charge is 0.478 e. The summed E-state index contributed by atoms with van der Waals surface area (Å²) in [5.41, 5.74) is 0.669. The van der Waals surface area contributed by atoms with Crippen molar-refractivity contribution in [2.45, 2.75) is 0 Å². The van der Waals surface area contributed by atoms with Gasteiger partial charge in [-0.15, -0.1) is 11.3 Å². The fourth-order valence-corrected chi connectivity index (χ4v) is 1.80. The minimum Gasteiger partial charge on any atom is -0.478 e. The van der Waals surface area contributed by atoms with Gasteiger partial charge in [0.1, 0.15) is 0 Å². The molecule has 2 aromatic rings. The first-order chi connectivity index (χ1) is 7.75. The zero-order valence-electron chi connectivity index (χ0n) is 8.20. The molecule has 0 saturated carbocycles. The van der Waals surface area contributed by atoms with E-state index in [1.165, 1.54) is 6.08 Å². The van der Waals surface area contributed by atoms with E-state index in [2.05, 4.69) is 9.97 Å². The predicted octanol–water partition coefficient (Wildman–Crippen LogP) is 2.30. The first-order valence-electron chi connectivity index (χ1n) is 4.52. The van der Waals surface area contributed by atoms with E-state index in [0.717, 1.165) is 11.0 Å². The van der Waals surface area contributed by atoms with Crippen LogP contribution in [0.5, 0.6) is 0 Å². The summed E-state index contributed by atoms with van der Waals surface area (Å²) in [7, 11) is 0. The van der Waals surface area contributed by atoms with E-state index in [-0.39, 0.29) is 0 Å². The topological polar surface area (TPSA) is 63.1 Å². The third-order valence-corrected chi connectivity index (χ3v) is 2.70. The van der Waals surface area contributed by atoms with E-state index >= 15 is 0 Å². The summed E-state index contributed by atoms with van der Waals surface area (Å²) >= 11 is 1.56. The van der Waals surface area contributed by atoms with Crippen LogP contribution in [0.25, 0.3) is 16.8 Å². The van der Waals surface area contributed by atoms with Crippen LogP contribution in [0, 0.1) is 0 Å². The van der Waals surface area contributed by atoms with Crippen LogP contribution in [0.1, 0.15) is 5.56 Å². The van der Waals surface area contributed by atoms with Crippen LogP contribution in [0.4, 0.5) is 0 Å². The average Bonchev–Trinajstić information content (AvgIpc) is 2.80. The molecule has 5 heteroatoms. The Morgan fingerprint density at radius 2 is 2.12 bits per heavy atom. The molecule has 0 radical (unpaired) electrons. The number of hydrogen-bond acceptors (Lipinski definition) is 4. The molecule has 0 spiro atoms. The van der Waals surface area contributed by atoms with Gasteiger partial charge < -0.3 is 5.11 Å². The lowest BCUT2D eigenvalue weighted by atomic mass is 10.3. The van der Waals surface area contributed by atoms with Crippen molar-refractivity contribution < 1.29 is 9.90 Å². The second-order valence-electron chi connectivity index (χ2n) is 2.99. The molecule has 0 aliphatic heterocycles. The van der Waals surface area contributed by atoms with Crippen molar-refractivity contribution in [2.24, 2.45) is 0 Å². The molecule has 0 unspecified atom stereocenters. The van der Waals surface area contributed by atoms with Crippen molar-refractivity contribution in [1.29, 1.82) is 0 Å². The third-order valence-electron chi connectivity index (χ3n) is 1.83. The summed E-state index contributed by atoms with van der Waals surface area (Å²) in [6, 6.07) is 3.87. The zero-order chi connectivity index (χ0) is 11.4. The number of aliphatic carboxylic acids is 1. The van der Waals surface area contributed by atoms with E-state index < -0.39 is 5.97 Å². The van der Waals surface area contributed by atoms with Crippen LogP contribution in [-0.2, 0) is 4.79 Å². The van der Waals surface area contributed by atoms with Crippen LogP contribution < -0.4 is 0 Å². The number of carboxylic acid groups (broad SMARTS) is 1. The van der Waals surface area contributed by atoms with E-state index in [9.17, 15) is 4.79 Å². The molecular weight excluding hydrogens is 224 g/mol. The summed E-state index contributed by atoms with van der Waals surface area (Å²) in [6.07, 6.45) is 5.72. The quantitative estimate of drug-likeness (QED) is 0.825. The van der Waals surface area contributed by atoms with Crippen molar-refractivity contribution in [3.05, 3.63) is 41.5 Å². The summed E-state index contributed by atoms with van der Waals surface area (Å²) < 4.78 is 0. The number of thiophene rings is 1. The SMILES string of the molecule is O=C(O)/C=C/c1cnc(-c2cccs2)nc1. The fraction of sp³-hybridized carbons (Fsp3) is 0. The molecule has 1 N–H and O–H groups in total. The van der Waals surface area contributed by atoms with Crippen LogP contribution in [0.3, 0.4) is 0 Å². The smallest absolute Gasteiger partial charge is 0.328 e. The maximum absolute atomic E-state index is 10.3. The molecular formula is C11H8N2O2S. The monoisotopic (exact) mass is 232 g/mol. The molecule has 0 aromatic carbocycles. The van der Waals surface area contributed by atoms with Gasteiger partial charge in [-0.3, -0.25) is 0 Å². The Bertz CT molecular complexity index is 503. The maximum Gasteiger partial charge on any atom is 0.328 e. The van der Waals surface area contributed by atoms with Crippen LogP contribution in [0.2, 0.25) is 0 Å². The second-order valence-corrected chi connectivity index (χ2v) is 3.94. The summed E-state index contributed by atoms with van der Waals surface area (Å²) in [4.78, 5) is 19.6. The molecule has 16 heavy (non-hydrogen) atoms. The van der Waals surface area contributed by atoms with Crippen molar-refractivity contribution in [3.8, 4) is 10.7 Å². The maximum atomic E-state index is 10.3. The second kappa shape index (κ2) is 4.67. The highest BCUT2D eigenvalue weighted by molar-refractivity contribution is 7.13. The molecule has 0 amide bonds. The van der Waals surface area contributed by atoms with Gasteiger partial charge in [0.15, 0.2) is 5.82 Å². The Morgan fingerprint density at radius 1 is 1.38 bits per heavy atom. The predicted molar refractivity (Wildman–Crippen MR) is 62.0 cm³/mol. The van der Waals surface area contributed by atoms with Crippen LogP contribution in [0.15, 0.2) is 36.0 Å². The van der Waals surface area contributed by atoms with Gasteiger partial charge in [-0.05, 0) is 17.5 Å². The van der Waals surface area contributed by atoms with E-state index in [4.69, 9.17) is 5.11 Å². The molecule has 2 rings (SSSR count). The Hall–Kier alpha value is -2.01.